The average molecular weight is 519 g/mol. The van der Waals surface area contributed by atoms with Gasteiger partial charge >= 0.3 is 0 Å². The topological polar surface area (TPSA) is 54.9 Å². The molecule has 3 rings (SSSR count). The minimum absolute atomic E-state index is 0. The van der Waals surface area contributed by atoms with E-state index in [0.29, 0.717) is 17.5 Å². The number of benzene rings is 1. The van der Waals surface area contributed by atoms with Gasteiger partial charge in [0.25, 0.3) is 0 Å². The van der Waals surface area contributed by atoms with E-state index in [4.69, 9.17) is 9.47 Å². The van der Waals surface area contributed by atoms with Crippen LogP contribution in [0.3, 0.4) is 0 Å². The van der Waals surface area contributed by atoms with E-state index in [1.54, 1.807) is 0 Å². The Bertz CT molecular complexity index is 617. The third kappa shape index (κ3) is 7.72. The Morgan fingerprint density at radius 1 is 1.29 bits per heavy atom. The number of nitrogens with zero attached hydrogens (tertiary/aromatic N) is 1. The van der Waals surface area contributed by atoms with E-state index in [9.17, 15) is 0 Å². The smallest absolute Gasteiger partial charge is 0.191 e. The number of aliphatic imine (C=N–C) groups is 1. The second-order valence-electron chi connectivity index (χ2n) is 7.62. The Hall–Kier alpha value is -0.510. The van der Waals surface area contributed by atoms with Crippen LogP contribution in [-0.4, -0.2) is 49.4 Å². The van der Waals surface area contributed by atoms with E-state index in [1.165, 1.54) is 29.7 Å². The van der Waals surface area contributed by atoms with Gasteiger partial charge < -0.3 is 20.1 Å². The summed E-state index contributed by atoms with van der Waals surface area (Å²) >= 11 is 2.06. The fraction of sp³-hybridized carbons (Fsp3) is 0.667. The third-order valence-electron chi connectivity index (χ3n) is 5.26. The van der Waals surface area contributed by atoms with Gasteiger partial charge in [-0.15, -0.1) is 24.0 Å². The number of rotatable bonds is 7. The predicted molar refractivity (Wildman–Crippen MR) is 129 cm³/mol. The molecule has 2 heterocycles. The molecule has 7 heteroatoms. The zero-order valence-electron chi connectivity index (χ0n) is 17.0. The normalized spacial score (nSPS) is 23.3. The van der Waals surface area contributed by atoms with Gasteiger partial charge in [0, 0.05) is 38.1 Å². The van der Waals surface area contributed by atoms with E-state index >= 15 is 0 Å². The molecule has 0 saturated carbocycles. The molecule has 2 saturated heterocycles. The van der Waals surface area contributed by atoms with Crippen LogP contribution < -0.4 is 10.6 Å². The van der Waals surface area contributed by atoms with Gasteiger partial charge in [0.05, 0.1) is 12.7 Å². The van der Waals surface area contributed by atoms with E-state index in [0.717, 1.165) is 45.1 Å². The molecule has 0 aromatic heterocycles. The summed E-state index contributed by atoms with van der Waals surface area (Å²) in [7, 11) is 1.83. The minimum Gasteiger partial charge on any atom is -0.381 e. The zero-order chi connectivity index (χ0) is 19.0. The van der Waals surface area contributed by atoms with Crippen LogP contribution in [0.25, 0.3) is 0 Å². The van der Waals surface area contributed by atoms with Gasteiger partial charge in [-0.3, -0.25) is 4.99 Å². The molecule has 2 fully saturated rings. The summed E-state index contributed by atoms with van der Waals surface area (Å²) in [5.41, 5.74) is 2.46. The van der Waals surface area contributed by atoms with Crippen molar-refractivity contribution in [3.63, 3.8) is 0 Å². The summed E-state index contributed by atoms with van der Waals surface area (Å²) in [5.74, 6) is 2.14. The molecule has 0 aliphatic carbocycles. The SMILES string of the molecule is CN=C(NCc1cccc(COC2CCOCC2)c1)NCC1(C)CCCS1.I. The van der Waals surface area contributed by atoms with Gasteiger partial charge in [-0.05, 0) is 49.5 Å². The van der Waals surface area contributed by atoms with Gasteiger partial charge in [-0.25, -0.2) is 0 Å². The lowest BCUT2D eigenvalue weighted by Gasteiger charge is -2.24. The third-order valence-corrected chi connectivity index (χ3v) is 6.80. The summed E-state index contributed by atoms with van der Waals surface area (Å²) in [5, 5.41) is 6.92. The first-order valence-electron chi connectivity index (χ1n) is 10.0. The standard InChI is InChI=1S/C21H33N3O2S.HI/c1-21(9-4-12-27-21)16-24-20(22-2)23-14-17-5-3-6-18(13-17)15-26-19-7-10-25-11-8-19;/h3,5-6,13,19H,4,7-12,14-16H2,1-2H3,(H2,22,23,24);1H. The molecule has 1 unspecified atom stereocenters. The van der Waals surface area contributed by atoms with Crippen molar-refractivity contribution in [1.29, 1.82) is 0 Å². The van der Waals surface area contributed by atoms with Gasteiger partial charge in [-0.2, -0.15) is 11.8 Å². The molecule has 158 valence electrons. The van der Waals surface area contributed by atoms with Crippen molar-refractivity contribution >= 4 is 41.7 Å². The quantitative estimate of drug-likeness (QED) is 0.325. The highest BCUT2D eigenvalue weighted by atomic mass is 127. The highest BCUT2D eigenvalue weighted by Crippen LogP contribution is 2.36. The summed E-state index contributed by atoms with van der Waals surface area (Å²) in [4.78, 5) is 4.36. The van der Waals surface area contributed by atoms with Gasteiger partial charge in [0.15, 0.2) is 5.96 Å². The Kier molecular flexibility index (Phi) is 10.4. The maximum atomic E-state index is 6.04. The van der Waals surface area contributed by atoms with Crippen LogP contribution in [-0.2, 0) is 22.6 Å². The Labute approximate surface area is 190 Å². The van der Waals surface area contributed by atoms with Gasteiger partial charge in [-0.1, -0.05) is 24.3 Å². The first-order valence-corrected chi connectivity index (χ1v) is 11.0. The molecular weight excluding hydrogens is 485 g/mol. The van der Waals surface area contributed by atoms with Crippen molar-refractivity contribution in [1.82, 2.24) is 10.6 Å². The summed E-state index contributed by atoms with van der Waals surface area (Å²) in [6, 6.07) is 8.60. The summed E-state index contributed by atoms with van der Waals surface area (Å²) < 4.78 is 11.8. The summed E-state index contributed by atoms with van der Waals surface area (Å²) in [6.45, 7) is 6.36. The Morgan fingerprint density at radius 3 is 2.79 bits per heavy atom. The first kappa shape index (κ1) is 23.8. The zero-order valence-corrected chi connectivity index (χ0v) is 20.2. The molecule has 1 aromatic rings. The lowest BCUT2D eigenvalue weighted by atomic mass is 10.1. The average Bonchev–Trinajstić information content (AvgIpc) is 3.14. The molecule has 2 N–H and O–H groups in total. The van der Waals surface area contributed by atoms with Gasteiger partial charge in [0.2, 0.25) is 0 Å². The lowest BCUT2D eigenvalue weighted by molar-refractivity contribution is -0.0390. The van der Waals surface area contributed by atoms with Crippen LogP contribution in [0, 0.1) is 0 Å². The van der Waals surface area contributed by atoms with Crippen molar-refractivity contribution in [3.8, 4) is 0 Å². The first-order chi connectivity index (χ1) is 13.2. The van der Waals surface area contributed by atoms with E-state index in [-0.39, 0.29) is 24.0 Å². The number of halogens is 1. The van der Waals surface area contributed by atoms with E-state index < -0.39 is 0 Å². The van der Waals surface area contributed by atoms with E-state index in [1.807, 2.05) is 7.05 Å². The van der Waals surface area contributed by atoms with Crippen molar-refractivity contribution in [2.24, 2.45) is 4.99 Å². The van der Waals surface area contributed by atoms with Crippen LogP contribution >= 0.6 is 35.7 Å². The van der Waals surface area contributed by atoms with Crippen LogP contribution in [0.5, 0.6) is 0 Å². The number of ether oxygens (including phenoxy) is 2. The maximum Gasteiger partial charge on any atom is 0.191 e. The highest BCUT2D eigenvalue weighted by Gasteiger charge is 2.29. The number of hydrogen-bond donors (Lipinski definition) is 2. The van der Waals surface area contributed by atoms with Crippen molar-refractivity contribution < 1.29 is 9.47 Å². The Balaban J connectivity index is 0.00000280. The van der Waals surface area contributed by atoms with Crippen LogP contribution in [0.1, 0.15) is 43.7 Å². The Morgan fingerprint density at radius 2 is 2.07 bits per heavy atom. The van der Waals surface area contributed by atoms with Gasteiger partial charge in [0.1, 0.15) is 0 Å². The number of hydrogen-bond acceptors (Lipinski definition) is 4. The molecular formula is C21H34IN3O2S. The molecule has 2 aliphatic rings. The minimum atomic E-state index is 0. The predicted octanol–water partition coefficient (Wildman–Crippen LogP) is 3.95. The van der Waals surface area contributed by atoms with Crippen LogP contribution in [0.2, 0.25) is 0 Å². The van der Waals surface area contributed by atoms with Crippen molar-refractivity contribution in [2.75, 3.05) is 32.6 Å². The fourth-order valence-electron chi connectivity index (χ4n) is 3.54. The van der Waals surface area contributed by atoms with Crippen molar-refractivity contribution in [2.45, 2.75) is 56.6 Å². The molecule has 1 atom stereocenters. The molecule has 0 spiro atoms. The second-order valence-corrected chi connectivity index (χ2v) is 9.31. The van der Waals surface area contributed by atoms with Crippen molar-refractivity contribution in [3.05, 3.63) is 35.4 Å². The van der Waals surface area contributed by atoms with E-state index in [2.05, 4.69) is 58.6 Å². The largest absolute Gasteiger partial charge is 0.381 e. The molecule has 2 aliphatic heterocycles. The number of nitrogens with one attached hydrogen (secondary N) is 2. The highest BCUT2D eigenvalue weighted by molar-refractivity contribution is 14.0. The lowest BCUT2D eigenvalue weighted by Crippen LogP contribution is -2.43. The summed E-state index contributed by atoms with van der Waals surface area (Å²) in [6.07, 6.45) is 4.92. The fourth-order valence-corrected chi connectivity index (χ4v) is 4.78. The van der Waals surface area contributed by atoms with Crippen LogP contribution in [0.4, 0.5) is 0 Å². The molecule has 5 nitrogen and oxygen atoms in total. The number of thioether (sulfide) groups is 1. The molecule has 1 aromatic carbocycles. The molecule has 0 radical (unpaired) electrons. The maximum absolute atomic E-state index is 6.04. The molecule has 0 amide bonds. The number of guanidine groups is 1. The molecule has 0 bridgehead atoms. The molecule has 28 heavy (non-hydrogen) atoms. The van der Waals surface area contributed by atoms with Crippen LogP contribution in [0.15, 0.2) is 29.3 Å². The second kappa shape index (κ2) is 12.2. The monoisotopic (exact) mass is 519 g/mol.